The molecule has 0 unspecified atom stereocenters. The van der Waals surface area contributed by atoms with Crippen LogP contribution in [0.15, 0.2) is 36.4 Å². The highest BCUT2D eigenvalue weighted by molar-refractivity contribution is 6.67. The van der Waals surface area contributed by atoms with Crippen LogP contribution in [0.1, 0.15) is 6.92 Å². The van der Waals surface area contributed by atoms with Gasteiger partial charge in [-0.1, -0.05) is 24.8 Å². The fraction of sp³-hybridized carbons (Fsp3) is 0.250. The topological polar surface area (TPSA) is 35.5 Å². The third-order valence-electron chi connectivity index (χ3n) is 2.12. The zero-order valence-corrected chi connectivity index (χ0v) is 10.7. The van der Waals surface area contributed by atoms with E-state index in [-0.39, 0.29) is 0 Å². The molecule has 1 radical (unpaired) electrons. The summed E-state index contributed by atoms with van der Waals surface area (Å²) in [5.41, 5.74) is 0.386. The second-order valence-corrected chi connectivity index (χ2v) is 5.49. The number of rotatable bonds is 4. The minimum atomic E-state index is -1.11. The molecule has 0 aliphatic heterocycles. The molecule has 0 aromatic heterocycles. The van der Waals surface area contributed by atoms with E-state index < -0.39 is 15.0 Å². The van der Waals surface area contributed by atoms with E-state index in [0.717, 1.165) is 5.19 Å². The number of ether oxygens (including phenoxy) is 1. The lowest BCUT2D eigenvalue weighted by molar-refractivity contribution is -0.130. The van der Waals surface area contributed by atoms with E-state index >= 15 is 0 Å². The Labute approximate surface area is 97.4 Å². The van der Waals surface area contributed by atoms with Crippen LogP contribution in [0, 0.1) is 0 Å². The lowest BCUT2D eigenvalue weighted by atomic mass is 10.3. The fourth-order valence-corrected chi connectivity index (χ4v) is 2.18. The Bertz CT molecular complexity index is 401. The molecule has 0 heterocycles. The molecule has 3 nitrogen and oxygen atoms in total. The molecule has 85 valence electrons. The Hall–Kier alpha value is -1.39. The van der Waals surface area contributed by atoms with Gasteiger partial charge in [-0.05, 0) is 19.5 Å². The monoisotopic (exact) mass is 235 g/mol. The fourth-order valence-electron chi connectivity index (χ4n) is 1.14. The molecule has 0 fully saturated rings. The predicted molar refractivity (Wildman–Crippen MR) is 65.2 cm³/mol. The number of carbonyl (C=O) groups excluding carboxylic acids is 1. The third kappa shape index (κ3) is 3.05. The first-order valence-corrected chi connectivity index (χ1v) is 6.81. The van der Waals surface area contributed by atoms with Crippen molar-refractivity contribution in [3.63, 3.8) is 0 Å². The minimum Gasteiger partial charge on any atom is -0.423 e. The lowest BCUT2D eigenvalue weighted by Crippen LogP contribution is -2.31. The van der Waals surface area contributed by atoms with Crippen LogP contribution in [0.5, 0.6) is 5.75 Å². The molecule has 0 saturated heterocycles. The molecule has 0 aliphatic carbocycles. The van der Waals surface area contributed by atoms with E-state index in [4.69, 9.17) is 9.16 Å². The van der Waals surface area contributed by atoms with Crippen molar-refractivity contribution in [1.29, 1.82) is 0 Å². The Morgan fingerprint density at radius 2 is 2.00 bits per heavy atom. The smallest absolute Gasteiger partial charge is 0.338 e. The quantitative estimate of drug-likeness (QED) is 0.344. The maximum Gasteiger partial charge on any atom is 0.338 e. The molecule has 1 rings (SSSR count). The molecule has 0 saturated carbocycles. The maximum atomic E-state index is 11.4. The summed E-state index contributed by atoms with van der Waals surface area (Å²) in [4.78, 5) is 11.4. The zero-order chi connectivity index (χ0) is 12.1. The molecule has 0 bridgehead atoms. The molecule has 0 atom stereocenters. The summed E-state index contributed by atoms with van der Waals surface area (Å²) >= 11 is 0. The van der Waals surface area contributed by atoms with Gasteiger partial charge in [0.15, 0.2) is 0 Å². The second kappa shape index (κ2) is 5.63. The van der Waals surface area contributed by atoms with Crippen LogP contribution in [0.4, 0.5) is 0 Å². The van der Waals surface area contributed by atoms with E-state index in [9.17, 15) is 4.79 Å². The number of esters is 1. The van der Waals surface area contributed by atoms with E-state index in [1.165, 1.54) is 0 Å². The van der Waals surface area contributed by atoms with Gasteiger partial charge in [-0.15, -0.1) is 0 Å². The molecule has 0 N–H and O–H groups in total. The van der Waals surface area contributed by atoms with Crippen LogP contribution in [-0.4, -0.2) is 22.1 Å². The molecule has 16 heavy (non-hydrogen) atoms. The molecular formula is C12H15O3Si. The highest BCUT2D eigenvalue weighted by Gasteiger charge is 2.16. The Morgan fingerprint density at radius 3 is 2.56 bits per heavy atom. The average Bonchev–Trinajstić information content (AvgIpc) is 2.28. The number of para-hydroxylation sites is 1. The van der Waals surface area contributed by atoms with Gasteiger partial charge in [0, 0.05) is 17.9 Å². The first-order chi connectivity index (χ1) is 7.56. The molecule has 4 heteroatoms. The van der Waals surface area contributed by atoms with Gasteiger partial charge >= 0.3 is 5.97 Å². The van der Waals surface area contributed by atoms with Crippen LogP contribution in [-0.2, 0) is 9.22 Å². The van der Waals surface area contributed by atoms with Crippen molar-refractivity contribution in [1.82, 2.24) is 0 Å². The predicted octanol–water partition coefficient (Wildman–Crippen LogP) is 1.64. The number of benzene rings is 1. The molecule has 0 amide bonds. The number of hydrogen-bond donors (Lipinski definition) is 0. The van der Waals surface area contributed by atoms with Crippen molar-refractivity contribution in [2.24, 2.45) is 0 Å². The first-order valence-electron chi connectivity index (χ1n) is 4.91. The second-order valence-electron chi connectivity index (χ2n) is 3.43. The van der Waals surface area contributed by atoms with Gasteiger partial charge in [0.1, 0.15) is 5.75 Å². The zero-order valence-electron chi connectivity index (χ0n) is 9.74. The minimum absolute atomic E-state index is 0.386. The summed E-state index contributed by atoms with van der Waals surface area (Å²) in [5, 5.41) is 0.949. The van der Waals surface area contributed by atoms with Crippen LogP contribution >= 0.6 is 0 Å². The van der Waals surface area contributed by atoms with Crippen molar-refractivity contribution >= 4 is 20.2 Å². The van der Waals surface area contributed by atoms with E-state index in [0.29, 0.717) is 11.3 Å². The van der Waals surface area contributed by atoms with Crippen molar-refractivity contribution in [3.05, 3.63) is 36.4 Å². The van der Waals surface area contributed by atoms with E-state index in [1.807, 2.05) is 24.7 Å². The van der Waals surface area contributed by atoms with Crippen molar-refractivity contribution in [2.45, 2.75) is 13.5 Å². The standard InChI is InChI=1S/C12H15O3Si/c1-9(2)12(13)15-10-7-5-6-8-11(10)16(4)14-3/h5-8H,1H2,2-4H3. The summed E-state index contributed by atoms with van der Waals surface area (Å²) in [7, 11) is 0.545. The normalized spacial score (nSPS) is 10.2. The van der Waals surface area contributed by atoms with Crippen molar-refractivity contribution < 1.29 is 14.0 Å². The van der Waals surface area contributed by atoms with Crippen LogP contribution in [0.25, 0.3) is 0 Å². The van der Waals surface area contributed by atoms with Gasteiger partial charge in [-0.3, -0.25) is 0 Å². The summed E-state index contributed by atoms with van der Waals surface area (Å²) in [6.07, 6.45) is 0. The van der Waals surface area contributed by atoms with Crippen molar-refractivity contribution in [3.8, 4) is 5.75 Å². The SMILES string of the molecule is C=C(C)C(=O)Oc1ccccc1[Si](C)OC. The highest BCUT2D eigenvalue weighted by atomic mass is 28.3. The Kier molecular flexibility index (Phi) is 4.46. The first kappa shape index (κ1) is 12.7. The highest BCUT2D eigenvalue weighted by Crippen LogP contribution is 2.10. The molecule has 1 aromatic carbocycles. The summed E-state index contributed by atoms with van der Waals surface area (Å²) in [5.74, 6) is 0.159. The van der Waals surface area contributed by atoms with Crippen LogP contribution < -0.4 is 9.92 Å². The molecule has 1 aromatic rings. The third-order valence-corrected chi connectivity index (χ3v) is 3.91. The van der Waals surface area contributed by atoms with Gasteiger partial charge in [-0.2, -0.15) is 0 Å². The van der Waals surface area contributed by atoms with Crippen LogP contribution in [0.2, 0.25) is 6.55 Å². The van der Waals surface area contributed by atoms with Gasteiger partial charge in [0.25, 0.3) is 0 Å². The van der Waals surface area contributed by atoms with Gasteiger partial charge in [0.2, 0.25) is 9.04 Å². The van der Waals surface area contributed by atoms with Crippen LogP contribution in [0.3, 0.4) is 0 Å². The van der Waals surface area contributed by atoms with Crippen molar-refractivity contribution in [2.75, 3.05) is 7.11 Å². The summed E-state index contributed by atoms with van der Waals surface area (Å²) in [6, 6.07) is 7.41. The summed E-state index contributed by atoms with van der Waals surface area (Å²) < 4.78 is 10.5. The van der Waals surface area contributed by atoms with E-state index in [1.54, 1.807) is 20.1 Å². The number of hydrogen-bond acceptors (Lipinski definition) is 3. The molecular weight excluding hydrogens is 220 g/mol. The van der Waals surface area contributed by atoms with E-state index in [2.05, 4.69) is 6.58 Å². The largest absolute Gasteiger partial charge is 0.423 e. The Balaban J connectivity index is 2.95. The Morgan fingerprint density at radius 1 is 1.38 bits per heavy atom. The maximum absolute atomic E-state index is 11.4. The van der Waals surface area contributed by atoms with Gasteiger partial charge in [0.05, 0.1) is 0 Å². The molecule has 0 aliphatic rings. The van der Waals surface area contributed by atoms with Gasteiger partial charge in [-0.25, -0.2) is 4.79 Å². The summed E-state index contributed by atoms with van der Waals surface area (Å²) in [6.45, 7) is 7.17. The lowest BCUT2D eigenvalue weighted by Gasteiger charge is -2.12. The average molecular weight is 235 g/mol. The van der Waals surface area contributed by atoms with Gasteiger partial charge < -0.3 is 9.16 Å². The number of carbonyl (C=O) groups is 1. The molecule has 0 spiro atoms.